The summed E-state index contributed by atoms with van der Waals surface area (Å²) in [6, 6.07) is 16.8. The zero-order chi connectivity index (χ0) is 22.7. The van der Waals surface area contributed by atoms with Crippen molar-refractivity contribution in [3.63, 3.8) is 0 Å². The van der Waals surface area contributed by atoms with Gasteiger partial charge in [-0.25, -0.2) is 4.79 Å². The van der Waals surface area contributed by atoms with Crippen molar-refractivity contribution in [1.82, 2.24) is 18.9 Å². The van der Waals surface area contributed by atoms with E-state index >= 15 is 0 Å². The monoisotopic (exact) mass is 431 g/mol. The molecule has 1 amide bonds. The average Bonchev–Trinajstić information content (AvgIpc) is 3.25. The van der Waals surface area contributed by atoms with Crippen LogP contribution < -0.4 is 16.6 Å². The molecule has 0 bridgehead atoms. The number of aryl methyl sites for hydroxylation is 2. The Hall–Kier alpha value is -3.94. The summed E-state index contributed by atoms with van der Waals surface area (Å²) in [6.07, 6.45) is 2.49. The number of hydrogen-bond acceptors (Lipinski definition) is 4. The summed E-state index contributed by atoms with van der Waals surface area (Å²) in [5.41, 5.74) is 2.09. The Morgan fingerprint density at radius 1 is 0.969 bits per heavy atom. The van der Waals surface area contributed by atoms with Crippen LogP contribution in [0.2, 0.25) is 0 Å². The van der Waals surface area contributed by atoms with Gasteiger partial charge < -0.3 is 5.32 Å². The van der Waals surface area contributed by atoms with Gasteiger partial charge in [0.05, 0.1) is 12.1 Å². The molecule has 1 N–H and O–H groups in total. The SMILES string of the molecule is CCc1cccc(NC(=O)Cn2c(=O)n(Cc3ccccc3)c(=O)c3nn(CC)cc32)c1. The number of aromatic nitrogens is 4. The van der Waals surface area contributed by atoms with E-state index in [2.05, 4.69) is 10.4 Å². The van der Waals surface area contributed by atoms with Crippen molar-refractivity contribution in [1.29, 1.82) is 0 Å². The Kier molecular flexibility index (Phi) is 6.02. The van der Waals surface area contributed by atoms with Gasteiger partial charge in [-0.2, -0.15) is 5.10 Å². The van der Waals surface area contributed by atoms with Crippen LogP contribution in [0, 0.1) is 0 Å². The van der Waals surface area contributed by atoms with E-state index < -0.39 is 11.2 Å². The highest BCUT2D eigenvalue weighted by atomic mass is 16.2. The highest BCUT2D eigenvalue weighted by Crippen LogP contribution is 2.12. The molecule has 2 aromatic heterocycles. The van der Waals surface area contributed by atoms with Gasteiger partial charge in [-0.1, -0.05) is 49.4 Å². The maximum Gasteiger partial charge on any atom is 0.332 e. The first-order valence-corrected chi connectivity index (χ1v) is 10.6. The largest absolute Gasteiger partial charge is 0.332 e. The second-order valence-corrected chi connectivity index (χ2v) is 7.57. The Morgan fingerprint density at radius 3 is 2.44 bits per heavy atom. The van der Waals surface area contributed by atoms with Crippen LogP contribution in [0.5, 0.6) is 0 Å². The molecule has 0 radical (unpaired) electrons. The van der Waals surface area contributed by atoms with Crippen LogP contribution in [-0.4, -0.2) is 24.8 Å². The van der Waals surface area contributed by atoms with Crippen molar-refractivity contribution >= 4 is 22.6 Å². The van der Waals surface area contributed by atoms with Crippen LogP contribution >= 0.6 is 0 Å². The van der Waals surface area contributed by atoms with E-state index in [1.165, 1.54) is 4.57 Å². The molecule has 0 atom stereocenters. The molecule has 8 heteroatoms. The van der Waals surface area contributed by atoms with Gasteiger partial charge >= 0.3 is 5.69 Å². The Morgan fingerprint density at radius 2 is 1.72 bits per heavy atom. The van der Waals surface area contributed by atoms with Crippen LogP contribution in [0.3, 0.4) is 0 Å². The third-order valence-electron chi connectivity index (χ3n) is 5.37. The fourth-order valence-electron chi connectivity index (χ4n) is 3.66. The standard InChI is InChI=1S/C24H25N5O3/c1-3-17-11-8-12-19(13-17)25-21(30)16-28-20-15-27(4-2)26-22(20)23(31)29(24(28)32)14-18-9-6-5-7-10-18/h5-13,15H,3-4,14,16H2,1-2H3,(H,25,30). The van der Waals surface area contributed by atoms with Crippen molar-refractivity contribution < 1.29 is 4.79 Å². The number of anilines is 1. The van der Waals surface area contributed by atoms with E-state index in [1.807, 2.05) is 62.4 Å². The van der Waals surface area contributed by atoms with Crippen LogP contribution in [0.25, 0.3) is 11.0 Å². The number of nitrogens with zero attached hydrogens (tertiary/aromatic N) is 4. The van der Waals surface area contributed by atoms with Crippen LogP contribution in [-0.2, 0) is 30.8 Å². The lowest BCUT2D eigenvalue weighted by molar-refractivity contribution is -0.116. The molecular weight excluding hydrogens is 406 g/mol. The molecule has 0 aliphatic carbocycles. The van der Waals surface area contributed by atoms with E-state index in [0.29, 0.717) is 17.7 Å². The van der Waals surface area contributed by atoms with E-state index in [0.717, 1.165) is 22.1 Å². The fourth-order valence-corrected chi connectivity index (χ4v) is 3.66. The second kappa shape index (κ2) is 9.05. The smallest absolute Gasteiger partial charge is 0.325 e. The lowest BCUT2D eigenvalue weighted by atomic mass is 10.1. The van der Waals surface area contributed by atoms with Gasteiger partial charge in [0, 0.05) is 18.4 Å². The minimum absolute atomic E-state index is 0.105. The summed E-state index contributed by atoms with van der Waals surface area (Å²) in [5.74, 6) is -0.351. The zero-order valence-electron chi connectivity index (χ0n) is 18.1. The maximum atomic E-state index is 13.3. The summed E-state index contributed by atoms with van der Waals surface area (Å²) in [4.78, 5) is 39.2. The molecule has 164 valence electrons. The molecule has 4 aromatic rings. The minimum Gasteiger partial charge on any atom is -0.325 e. The van der Waals surface area contributed by atoms with E-state index in [4.69, 9.17) is 0 Å². The number of fused-ring (bicyclic) bond motifs is 1. The second-order valence-electron chi connectivity index (χ2n) is 7.57. The molecule has 2 aromatic carbocycles. The molecule has 2 heterocycles. The predicted molar refractivity (Wildman–Crippen MR) is 124 cm³/mol. The maximum absolute atomic E-state index is 13.3. The van der Waals surface area contributed by atoms with Gasteiger partial charge in [0.1, 0.15) is 6.54 Å². The Balaban J connectivity index is 1.75. The first-order chi connectivity index (χ1) is 15.5. The van der Waals surface area contributed by atoms with Crippen molar-refractivity contribution in [2.24, 2.45) is 0 Å². The molecule has 0 unspecified atom stereocenters. The van der Waals surface area contributed by atoms with Crippen molar-refractivity contribution in [3.05, 3.63) is 92.8 Å². The minimum atomic E-state index is -0.542. The van der Waals surface area contributed by atoms with E-state index in [1.54, 1.807) is 16.9 Å². The topological polar surface area (TPSA) is 90.9 Å². The number of nitrogens with one attached hydrogen (secondary N) is 1. The quantitative estimate of drug-likeness (QED) is 0.487. The third kappa shape index (κ3) is 4.25. The number of hydrogen-bond donors (Lipinski definition) is 1. The van der Waals surface area contributed by atoms with Crippen molar-refractivity contribution in [2.45, 2.75) is 39.9 Å². The molecule has 0 spiro atoms. The average molecular weight is 431 g/mol. The molecule has 0 saturated carbocycles. The van der Waals surface area contributed by atoms with Crippen LogP contribution in [0.1, 0.15) is 25.0 Å². The van der Waals surface area contributed by atoms with Crippen LogP contribution in [0.4, 0.5) is 5.69 Å². The Bertz CT molecular complexity index is 1380. The molecule has 8 nitrogen and oxygen atoms in total. The van der Waals surface area contributed by atoms with Crippen LogP contribution in [0.15, 0.2) is 70.4 Å². The molecule has 0 aliphatic heterocycles. The van der Waals surface area contributed by atoms with Gasteiger partial charge in [0.2, 0.25) is 5.91 Å². The molecule has 0 saturated heterocycles. The predicted octanol–water partition coefficient (Wildman–Crippen LogP) is 2.63. The lowest BCUT2D eigenvalue weighted by Gasteiger charge is -2.12. The molecule has 32 heavy (non-hydrogen) atoms. The number of rotatable bonds is 7. The zero-order valence-corrected chi connectivity index (χ0v) is 18.1. The number of carbonyl (C=O) groups excluding carboxylic acids is 1. The van der Waals surface area contributed by atoms with Gasteiger partial charge in [-0.05, 0) is 36.6 Å². The normalized spacial score (nSPS) is 11.1. The highest BCUT2D eigenvalue weighted by molar-refractivity contribution is 5.91. The summed E-state index contributed by atoms with van der Waals surface area (Å²) >= 11 is 0. The Labute approximate surface area is 184 Å². The van der Waals surface area contributed by atoms with Crippen molar-refractivity contribution in [3.8, 4) is 0 Å². The summed E-state index contributed by atoms with van der Waals surface area (Å²) in [5, 5.41) is 7.19. The van der Waals surface area contributed by atoms with E-state index in [-0.39, 0.29) is 24.5 Å². The number of carbonyl (C=O) groups is 1. The summed E-state index contributed by atoms with van der Waals surface area (Å²) in [6.45, 7) is 4.35. The molecule has 0 fully saturated rings. The highest BCUT2D eigenvalue weighted by Gasteiger charge is 2.18. The number of amides is 1. The fraction of sp³-hybridized carbons (Fsp3) is 0.250. The summed E-state index contributed by atoms with van der Waals surface area (Å²) < 4.78 is 4.05. The first-order valence-electron chi connectivity index (χ1n) is 10.6. The summed E-state index contributed by atoms with van der Waals surface area (Å²) in [7, 11) is 0. The molecule has 4 rings (SSSR count). The van der Waals surface area contributed by atoms with Gasteiger partial charge in [0.15, 0.2) is 5.52 Å². The van der Waals surface area contributed by atoms with E-state index in [9.17, 15) is 14.4 Å². The lowest BCUT2D eigenvalue weighted by Crippen LogP contribution is -2.41. The van der Waals surface area contributed by atoms with Gasteiger partial charge in [-0.3, -0.25) is 23.4 Å². The number of benzene rings is 2. The molecule has 0 aliphatic rings. The van der Waals surface area contributed by atoms with Gasteiger partial charge in [0.25, 0.3) is 5.56 Å². The first kappa shape index (κ1) is 21.3. The van der Waals surface area contributed by atoms with Gasteiger partial charge in [-0.15, -0.1) is 0 Å². The molecular formula is C24H25N5O3. The third-order valence-corrected chi connectivity index (χ3v) is 5.37. The van der Waals surface area contributed by atoms with Crippen molar-refractivity contribution in [2.75, 3.05) is 5.32 Å².